The van der Waals surface area contributed by atoms with E-state index >= 15 is 0 Å². The zero-order chi connectivity index (χ0) is 9.14. The van der Waals surface area contributed by atoms with E-state index in [9.17, 15) is 4.79 Å². The van der Waals surface area contributed by atoms with Gasteiger partial charge in [0, 0.05) is 13.1 Å². The Labute approximate surface area is 82.4 Å². The predicted molar refractivity (Wildman–Crippen MR) is 53.3 cm³/mol. The van der Waals surface area contributed by atoms with Crippen molar-refractivity contribution in [2.45, 2.75) is 25.2 Å². The van der Waals surface area contributed by atoms with Gasteiger partial charge in [0.2, 0.25) is 0 Å². The van der Waals surface area contributed by atoms with Gasteiger partial charge >= 0.3 is 0 Å². The minimum Gasteiger partial charge on any atom is -0.301 e. The number of hydrogen-bond donors (Lipinski definition) is 0. The molecule has 3 atom stereocenters. The second-order valence-electron chi connectivity index (χ2n) is 3.91. The lowest BCUT2D eigenvalue weighted by Crippen LogP contribution is -2.43. The van der Waals surface area contributed by atoms with Crippen molar-refractivity contribution in [3.8, 4) is 0 Å². The molecule has 1 aliphatic rings. The first-order valence-corrected chi connectivity index (χ1v) is 5.38. The SMILES string of the molecule is CC1CC(C)CN(C(Br)C=O)C1. The maximum Gasteiger partial charge on any atom is 0.148 e. The number of hydrogen-bond acceptors (Lipinski definition) is 2. The highest BCUT2D eigenvalue weighted by Crippen LogP contribution is 2.23. The quantitative estimate of drug-likeness (QED) is 0.413. The predicted octanol–water partition coefficient (Wildman–Crippen LogP) is 1.88. The zero-order valence-corrected chi connectivity index (χ0v) is 9.25. The highest BCUT2D eigenvalue weighted by Gasteiger charge is 2.25. The lowest BCUT2D eigenvalue weighted by molar-refractivity contribution is -0.110. The maximum atomic E-state index is 10.5. The molecule has 1 heterocycles. The molecule has 0 amide bonds. The first-order valence-electron chi connectivity index (χ1n) is 4.47. The molecule has 0 aromatic rings. The van der Waals surface area contributed by atoms with Gasteiger partial charge in [-0.1, -0.05) is 29.8 Å². The summed E-state index contributed by atoms with van der Waals surface area (Å²) in [5.74, 6) is 1.43. The Morgan fingerprint density at radius 2 is 1.92 bits per heavy atom. The first kappa shape index (κ1) is 10.2. The van der Waals surface area contributed by atoms with Gasteiger partial charge in [0.05, 0.1) is 0 Å². The molecule has 3 heteroatoms. The molecule has 1 saturated heterocycles. The van der Waals surface area contributed by atoms with Crippen LogP contribution in [-0.2, 0) is 4.79 Å². The van der Waals surface area contributed by atoms with Crippen molar-refractivity contribution in [2.24, 2.45) is 11.8 Å². The van der Waals surface area contributed by atoms with E-state index in [0.29, 0.717) is 11.8 Å². The summed E-state index contributed by atoms with van der Waals surface area (Å²) < 4.78 is 0. The van der Waals surface area contributed by atoms with Crippen LogP contribution in [-0.4, -0.2) is 29.2 Å². The highest BCUT2D eigenvalue weighted by atomic mass is 79.9. The van der Waals surface area contributed by atoms with Gasteiger partial charge in [-0.25, -0.2) is 0 Å². The van der Waals surface area contributed by atoms with Crippen LogP contribution in [0, 0.1) is 11.8 Å². The summed E-state index contributed by atoms with van der Waals surface area (Å²) in [6, 6.07) is 0. The van der Waals surface area contributed by atoms with Gasteiger partial charge in [-0.05, 0) is 18.3 Å². The Morgan fingerprint density at radius 3 is 2.33 bits per heavy atom. The van der Waals surface area contributed by atoms with Crippen LogP contribution in [0.5, 0.6) is 0 Å². The Morgan fingerprint density at radius 1 is 1.42 bits per heavy atom. The number of likely N-dealkylation sites (tertiary alicyclic amines) is 1. The van der Waals surface area contributed by atoms with Gasteiger partial charge in [0.15, 0.2) is 0 Å². The fourth-order valence-electron chi connectivity index (χ4n) is 2.00. The molecule has 0 bridgehead atoms. The highest BCUT2D eigenvalue weighted by molar-refractivity contribution is 9.09. The average Bonchev–Trinajstić information content (AvgIpc) is 2.01. The minimum atomic E-state index is -0.0808. The molecule has 2 nitrogen and oxygen atoms in total. The lowest BCUT2D eigenvalue weighted by atomic mass is 9.92. The Bertz CT molecular complexity index is 153. The van der Waals surface area contributed by atoms with Gasteiger partial charge in [0.1, 0.15) is 11.2 Å². The molecule has 0 saturated carbocycles. The number of halogens is 1. The summed E-state index contributed by atoms with van der Waals surface area (Å²) in [5.41, 5.74) is 0. The van der Waals surface area contributed by atoms with Crippen LogP contribution in [0.15, 0.2) is 0 Å². The molecule has 70 valence electrons. The number of piperidine rings is 1. The normalized spacial score (nSPS) is 34.6. The average molecular weight is 234 g/mol. The zero-order valence-electron chi connectivity index (χ0n) is 7.66. The molecule has 0 N–H and O–H groups in total. The van der Waals surface area contributed by atoms with E-state index in [2.05, 4.69) is 34.7 Å². The number of alkyl halides is 1. The van der Waals surface area contributed by atoms with Crippen LogP contribution in [0.1, 0.15) is 20.3 Å². The number of carbonyl (C=O) groups is 1. The van der Waals surface area contributed by atoms with Crippen LogP contribution in [0.3, 0.4) is 0 Å². The van der Waals surface area contributed by atoms with Crippen LogP contribution >= 0.6 is 15.9 Å². The Kier molecular flexibility index (Phi) is 3.72. The van der Waals surface area contributed by atoms with Crippen molar-refractivity contribution >= 4 is 22.2 Å². The Hall–Kier alpha value is 0.110. The van der Waals surface area contributed by atoms with Gasteiger partial charge in [-0.3, -0.25) is 4.90 Å². The molecular formula is C9H16BrNO. The summed E-state index contributed by atoms with van der Waals surface area (Å²) in [5, 5.41) is 0. The summed E-state index contributed by atoms with van der Waals surface area (Å²) >= 11 is 3.35. The summed E-state index contributed by atoms with van der Waals surface area (Å²) in [6.07, 6.45) is 2.25. The number of aldehydes is 1. The van der Waals surface area contributed by atoms with Crippen LogP contribution in [0.4, 0.5) is 0 Å². The summed E-state index contributed by atoms with van der Waals surface area (Å²) in [6.45, 7) is 6.57. The molecule has 1 rings (SSSR count). The van der Waals surface area contributed by atoms with Crippen LogP contribution in [0.2, 0.25) is 0 Å². The summed E-state index contributed by atoms with van der Waals surface area (Å²) in [7, 11) is 0. The second-order valence-corrected chi connectivity index (χ2v) is 4.85. The van der Waals surface area contributed by atoms with Crippen LogP contribution in [0.25, 0.3) is 0 Å². The standard InChI is InChI=1S/C9H16BrNO/c1-7-3-8(2)5-11(4-7)9(10)6-12/h6-9H,3-5H2,1-2H3. The van der Waals surface area contributed by atoms with E-state index in [-0.39, 0.29) is 4.95 Å². The molecule has 12 heavy (non-hydrogen) atoms. The molecule has 0 spiro atoms. The fraction of sp³-hybridized carbons (Fsp3) is 0.889. The molecule has 3 unspecified atom stereocenters. The smallest absolute Gasteiger partial charge is 0.148 e. The van der Waals surface area contributed by atoms with E-state index in [1.165, 1.54) is 6.42 Å². The largest absolute Gasteiger partial charge is 0.301 e. The monoisotopic (exact) mass is 233 g/mol. The maximum absolute atomic E-state index is 10.5. The topological polar surface area (TPSA) is 20.3 Å². The fourth-order valence-corrected chi connectivity index (χ4v) is 2.33. The van der Waals surface area contributed by atoms with E-state index < -0.39 is 0 Å². The second kappa shape index (κ2) is 4.38. The van der Waals surface area contributed by atoms with Crippen LogP contribution < -0.4 is 0 Å². The van der Waals surface area contributed by atoms with Gasteiger partial charge in [-0.15, -0.1) is 0 Å². The van der Waals surface area contributed by atoms with E-state index in [1.807, 2.05) is 0 Å². The van der Waals surface area contributed by atoms with Gasteiger partial charge in [0.25, 0.3) is 0 Å². The van der Waals surface area contributed by atoms with Gasteiger partial charge in [-0.2, -0.15) is 0 Å². The van der Waals surface area contributed by atoms with E-state index in [0.717, 1.165) is 19.4 Å². The number of rotatable bonds is 2. The lowest BCUT2D eigenvalue weighted by Gasteiger charge is -2.36. The van der Waals surface area contributed by atoms with E-state index in [1.54, 1.807) is 0 Å². The molecule has 0 aliphatic carbocycles. The number of carbonyl (C=O) groups excluding carboxylic acids is 1. The third-order valence-corrected chi connectivity index (χ3v) is 3.15. The van der Waals surface area contributed by atoms with Crippen molar-refractivity contribution in [1.29, 1.82) is 0 Å². The first-order chi connectivity index (χ1) is 5.63. The van der Waals surface area contributed by atoms with E-state index in [4.69, 9.17) is 0 Å². The molecule has 0 radical (unpaired) electrons. The van der Waals surface area contributed by atoms with Crippen molar-refractivity contribution in [1.82, 2.24) is 4.90 Å². The third-order valence-electron chi connectivity index (χ3n) is 2.36. The summed E-state index contributed by atoms with van der Waals surface area (Å²) in [4.78, 5) is 12.6. The molecule has 0 aromatic carbocycles. The van der Waals surface area contributed by atoms with Crippen molar-refractivity contribution < 1.29 is 4.79 Å². The van der Waals surface area contributed by atoms with Crippen molar-refractivity contribution in [2.75, 3.05) is 13.1 Å². The third kappa shape index (κ3) is 2.56. The molecule has 0 aromatic heterocycles. The molecular weight excluding hydrogens is 218 g/mol. The van der Waals surface area contributed by atoms with Crippen molar-refractivity contribution in [3.63, 3.8) is 0 Å². The number of nitrogens with zero attached hydrogens (tertiary/aromatic N) is 1. The molecule has 1 aliphatic heterocycles. The van der Waals surface area contributed by atoms with Gasteiger partial charge < -0.3 is 4.79 Å². The molecule has 1 fully saturated rings. The minimum absolute atomic E-state index is 0.0808. The van der Waals surface area contributed by atoms with Crippen molar-refractivity contribution in [3.05, 3.63) is 0 Å². The Balaban J connectivity index is 2.48.